The van der Waals surface area contributed by atoms with Crippen molar-refractivity contribution in [3.05, 3.63) is 29.8 Å². The molecule has 1 aromatic rings. The Morgan fingerprint density at radius 2 is 1.95 bits per heavy atom. The van der Waals surface area contributed by atoms with Crippen LogP contribution in [0.5, 0.6) is 0 Å². The largest absolute Gasteiger partial charge is 0.332 e. The molecular formula is C14H16N4O2. The van der Waals surface area contributed by atoms with Crippen molar-refractivity contribution >= 4 is 17.5 Å². The van der Waals surface area contributed by atoms with Crippen molar-refractivity contribution < 1.29 is 9.59 Å². The van der Waals surface area contributed by atoms with Crippen LogP contribution in [-0.4, -0.2) is 54.8 Å². The fourth-order valence-corrected chi connectivity index (χ4v) is 2.00. The number of benzene rings is 1. The van der Waals surface area contributed by atoms with E-state index in [9.17, 15) is 9.59 Å². The summed E-state index contributed by atoms with van der Waals surface area (Å²) in [6.07, 6.45) is 0. The normalized spacial score (nSPS) is 15.5. The lowest BCUT2D eigenvalue weighted by Gasteiger charge is -2.31. The number of piperazine rings is 1. The van der Waals surface area contributed by atoms with Crippen molar-refractivity contribution in [2.24, 2.45) is 0 Å². The molecule has 0 saturated carbocycles. The van der Waals surface area contributed by atoms with Crippen molar-refractivity contribution in [2.75, 3.05) is 38.5 Å². The molecule has 2 amide bonds. The minimum atomic E-state index is -0.662. The Morgan fingerprint density at radius 1 is 1.25 bits per heavy atom. The lowest BCUT2D eigenvalue weighted by Crippen LogP contribution is -2.50. The van der Waals surface area contributed by atoms with Gasteiger partial charge in [-0.25, -0.2) is 0 Å². The highest BCUT2D eigenvalue weighted by molar-refractivity contribution is 6.39. The zero-order valence-corrected chi connectivity index (χ0v) is 11.3. The van der Waals surface area contributed by atoms with E-state index in [0.717, 1.165) is 13.1 Å². The second-order valence-electron chi connectivity index (χ2n) is 4.74. The van der Waals surface area contributed by atoms with Crippen molar-refractivity contribution in [1.29, 1.82) is 5.26 Å². The minimum Gasteiger partial charge on any atom is -0.332 e. The number of nitriles is 1. The topological polar surface area (TPSA) is 76.4 Å². The summed E-state index contributed by atoms with van der Waals surface area (Å²) < 4.78 is 0. The van der Waals surface area contributed by atoms with Crippen LogP contribution in [0.2, 0.25) is 0 Å². The van der Waals surface area contributed by atoms with Gasteiger partial charge in [-0.1, -0.05) is 6.07 Å². The highest BCUT2D eigenvalue weighted by atomic mass is 16.2. The number of nitrogens with one attached hydrogen (secondary N) is 1. The average Bonchev–Trinajstić information content (AvgIpc) is 2.47. The molecule has 0 aliphatic carbocycles. The minimum absolute atomic E-state index is 0.440. The Bertz CT molecular complexity index is 557. The van der Waals surface area contributed by atoms with Gasteiger partial charge in [-0.15, -0.1) is 0 Å². The number of carbonyl (C=O) groups excluding carboxylic acids is 2. The van der Waals surface area contributed by atoms with Gasteiger partial charge in [0.1, 0.15) is 0 Å². The highest BCUT2D eigenvalue weighted by Gasteiger charge is 2.24. The molecule has 6 nitrogen and oxygen atoms in total. The summed E-state index contributed by atoms with van der Waals surface area (Å²) >= 11 is 0. The third kappa shape index (κ3) is 3.33. The number of likely N-dealkylation sites (N-methyl/N-ethyl adjacent to an activating group) is 1. The number of amides is 2. The van der Waals surface area contributed by atoms with E-state index in [-0.39, 0.29) is 0 Å². The predicted octanol–water partition coefficient (Wildman–Crippen LogP) is 0.271. The molecular weight excluding hydrogens is 256 g/mol. The van der Waals surface area contributed by atoms with Crippen molar-refractivity contribution in [1.82, 2.24) is 9.80 Å². The molecule has 0 spiro atoms. The molecule has 0 atom stereocenters. The van der Waals surface area contributed by atoms with E-state index in [4.69, 9.17) is 5.26 Å². The van der Waals surface area contributed by atoms with Gasteiger partial charge in [0.2, 0.25) is 0 Å². The Balaban J connectivity index is 1.97. The fourth-order valence-electron chi connectivity index (χ4n) is 2.00. The Kier molecular flexibility index (Phi) is 4.33. The van der Waals surface area contributed by atoms with Gasteiger partial charge in [0.15, 0.2) is 0 Å². The van der Waals surface area contributed by atoms with Gasteiger partial charge in [0.05, 0.1) is 11.6 Å². The first-order valence-electron chi connectivity index (χ1n) is 6.39. The summed E-state index contributed by atoms with van der Waals surface area (Å²) in [6, 6.07) is 8.47. The molecule has 1 N–H and O–H groups in total. The third-order valence-electron chi connectivity index (χ3n) is 3.23. The number of carbonyl (C=O) groups is 2. The van der Waals surface area contributed by atoms with Crippen LogP contribution >= 0.6 is 0 Å². The SMILES string of the molecule is CN1CCN(C(=O)C(=O)Nc2cccc(C#N)c2)CC1. The monoisotopic (exact) mass is 272 g/mol. The van der Waals surface area contributed by atoms with Gasteiger partial charge in [0, 0.05) is 31.9 Å². The molecule has 2 rings (SSSR count). The summed E-state index contributed by atoms with van der Waals surface area (Å²) in [5.41, 5.74) is 0.895. The van der Waals surface area contributed by atoms with E-state index < -0.39 is 11.8 Å². The van der Waals surface area contributed by atoms with Crippen molar-refractivity contribution in [2.45, 2.75) is 0 Å². The molecule has 104 valence electrons. The van der Waals surface area contributed by atoms with Crippen molar-refractivity contribution in [3.63, 3.8) is 0 Å². The number of rotatable bonds is 1. The Hall–Kier alpha value is -2.39. The molecule has 20 heavy (non-hydrogen) atoms. The summed E-state index contributed by atoms with van der Waals surface area (Å²) in [6.45, 7) is 2.65. The van der Waals surface area contributed by atoms with Gasteiger partial charge in [-0.2, -0.15) is 5.26 Å². The quantitative estimate of drug-likeness (QED) is 0.745. The fraction of sp³-hybridized carbons (Fsp3) is 0.357. The van der Waals surface area contributed by atoms with Gasteiger partial charge < -0.3 is 15.1 Å². The van der Waals surface area contributed by atoms with Gasteiger partial charge in [-0.05, 0) is 25.2 Å². The van der Waals surface area contributed by atoms with Gasteiger partial charge in [0.25, 0.3) is 0 Å². The molecule has 1 aromatic carbocycles. The second kappa shape index (κ2) is 6.17. The van der Waals surface area contributed by atoms with Crippen molar-refractivity contribution in [3.8, 4) is 6.07 Å². The van der Waals surface area contributed by atoms with E-state index >= 15 is 0 Å². The van der Waals surface area contributed by atoms with Gasteiger partial charge in [-0.3, -0.25) is 9.59 Å². The number of hydrogen-bond acceptors (Lipinski definition) is 4. The van der Waals surface area contributed by atoms with Crippen LogP contribution in [0, 0.1) is 11.3 Å². The van der Waals surface area contributed by atoms with Crippen LogP contribution in [0.4, 0.5) is 5.69 Å². The smallest absolute Gasteiger partial charge is 0.313 e. The molecule has 6 heteroatoms. The Morgan fingerprint density at radius 3 is 2.60 bits per heavy atom. The summed E-state index contributed by atoms with van der Waals surface area (Å²) in [5, 5.41) is 11.3. The average molecular weight is 272 g/mol. The molecule has 0 unspecified atom stereocenters. The summed E-state index contributed by atoms with van der Waals surface area (Å²) in [4.78, 5) is 27.5. The molecule has 0 radical (unpaired) electrons. The van der Waals surface area contributed by atoms with Gasteiger partial charge >= 0.3 is 11.8 Å². The Labute approximate surface area is 117 Å². The molecule has 1 saturated heterocycles. The van der Waals surface area contributed by atoms with Crippen LogP contribution in [0.3, 0.4) is 0 Å². The number of nitrogens with zero attached hydrogens (tertiary/aromatic N) is 3. The van der Waals surface area contributed by atoms with Crippen LogP contribution in [0.25, 0.3) is 0 Å². The third-order valence-corrected chi connectivity index (χ3v) is 3.23. The maximum Gasteiger partial charge on any atom is 0.313 e. The van der Waals surface area contributed by atoms with E-state index in [0.29, 0.717) is 24.3 Å². The summed E-state index contributed by atoms with van der Waals surface area (Å²) in [7, 11) is 1.98. The van der Waals surface area contributed by atoms with Crippen LogP contribution in [0.1, 0.15) is 5.56 Å². The maximum atomic E-state index is 12.0. The first kappa shape index (κ1) is 14.0. The zero-order valence-electron chi connectivity index (χ0n) is 11.3. The number of anilines is 1. The standard InChI is InChI=1S/C14H16N4O2/c1-17-5-7-18(8-6-17)14(20)13(19)16-12-4-2-3-11(9-12)10-15/h2-4,9H,5-8H2,1H3,(H,16,19). The number of hydrogen-bond donors (Lipinski definition) is 1. The molecule has 1 fully saturated rings. The predicted molar refractivity (Wildman–Crippen MR) is 73.9 cm³/mol. The van der Waals surface area contributed by atoms with E-state index in [1.165, 1.54) is 6.07 Å². The van der Waals surface area contributed by atoms with E-state index in [1.54, 1.807) is 23.1 Å². The van der Waals surface area contributed by atoms with E-state index in [2.05, 4.69) is 10.2 Å². The molecule has 1 heterocycles. The lowest BCUT2D eigenvalue weighted by molar-refractivity contribution is -0.144. The summed E-state index contributed by atoms with van der Waals surface area (Å²) in [5.74, 6) is -1.19. The molecule has 0 aromatic heterocycles. The molecule has 1 aliphatic rings. The van der Waals surface area contributed by atoms with Crippen LogP contribution in [-0.2, 0) is 9.59 Å². The lowest BCUT2D eigenvalue weighted by atomic mass is 10.2. The highest BCUT2D eigenvalue weighted by Crippen LogP contribution is 2.10. The van der Waals surface area contributed by atoms with Crippen LogP contribution in [0.15, 0.2) is 24.3 Å². The second-order valence-corrected chi connectivity index (χ2v) is 4.74. The molecule has 0 bridgehead atoms. The zero-order chi connectivity index (χ0) is 14.5. The van der Waals surface area contributed by atoms with Crippen LogP contribution < -0.4 is 5.32 Å². The molecule has 1 aliphatic heterocycles. The maximum absolute atomic E-state index is 12.0. The first-order chi connectivity index (χ1) is 9.60. The van der Waals surface area contributed by atoms with E-state index in [1.807, 2.05) is 13.1 Å². The first-order valence-corrected chi connectivity index (χ1v) is 6.39.